The molecule has 0 aromatic heterocycles. The molecule has 0 fully saturated rings. The number of rotatable bonds is 7. The summed E-state index contributed by atoms with van der Waals surface area (Å²) in [5, 5.41) is 2.81. The molecule has 0 spiro atoms. The van der Waals surface area contributed by atoms with Gasteiger partial charge in [-0.2, -0.15) is 0 Å². The lowest BCUT2D eigenvalue weighted by Crippen LogP contribution is -2.39. The second-order valence-electron chi connectivity index (χ2n) is 7.72. The van der Waals surface area contributed by atoms with Gasteiger partial charge in [0.2, 0.25) is 5.91 Å². The second kappa shape index (κ2) is 9.71. The van der Waals surface area contributed by atoms with E-state index in [1.807, 2.05) is 43.3 Å². The van der Waals surface area contributed by atoms with Crippen molar-refractivity contribution in [1.29, 1.82) is 0 Å². The minimum atomic E-state index is -0.389. The SMILES string of the molecule is CC(=O)N1CCc2ccc(OCC(=O)NCCN(C)C)cc2C1c1cccc(F)c1. The van der Waals surface area contributed by atoms with E-state index in [9.17, 15) is 14.0 Å². The van der Waals surface area contributed by atoms with E-state index >= 15 is 0 Å². The van der Waals surface area contributed by atoms with Crippen LogP contribution in [0.25, 0.3) is 0 Å². The maximum absolute atomic E-state index is 13.9. The standard InChI is InChI=1S/C23H28FN3O3/c1-16(28)27-11-9-17-7-8-20(30-15-22(29)25-10-12-26(2)3)14-21(17)23(27)18-5-4-6-19(24)13-18/h4-8,13-14,23H,9-12,15H2,1-3H3,(H,25,29). The summed E-state index contributed by atoms with van der Waals surface area (Å²) in [6, 6.07) is 11.6. The summed E-state index contributed by atoms with van der Waals surface area (Å²) >= 11 is 0. The largest absolute Gasteiger partial charge is 0.484 e. The van der Waals surface area contributed by atoms with Crippen LogP contribution in [-0.4, -0.2) is 62.0 Å². The Morgan fingerprint density at radius 1 is 1.23 bits per heavy atom. The molecule has 0 bridgehead atoms. The highest BCUT2D eigenvalue weighted by molar-refractivity contribution is 5.77. The average molecular weight is 413 g/mol. The van der Waals surface area contributed by atoms with Gasteiger partial charge in [-0.15, -0.1) is 0 Å². The van der Waals surface area contributed by atoms with Crippen molar-refractivity contribution in [1.82, 2.24) is 15.1 Å². The lowest BCUT2D eigenvalue weighted by atomic mass is 9.88. The molecule has 2 aromatic carbocycles. The first-order chi connectivity index (χ1) is 14.3. The third-order valence-corrected chi connectivity index (χ3v) is 5.17. The number of halogens is 1. The van der Waals surface area contributed by atoms with Crippen molar-refractivity contribution in [3.05, 3.63) is 65.0 Å². The van der Waals surface area contributed by atoms with Crippen molar-refractivity contribution >= 4 is 11.8 Å². The molecule has 1 aliphatic heterocycles. The number of hydrogen-bond acceptors (Lipinski definition) is 4. The summed E-state index contributed by atoms with van der Waals surface area (Å²) in [5.41, 5.74) is 2.70. The Labute approximate surface area is 176 Å². The molecular formula is C23H28FN3O3. The fourth-order valence-electron chi connectivity index (χ4n) is 3.68. The Balaban J connectivity index is 1.80. The highest BCUT2D eigenvalue weighted by Gasteiger charge is 2.31. The van der Waals surface area contributed by atoms with Gasteiger partial charge in [-0.25, -0.2) is 4.39 Å². The first-order valence-electron chi connectivity index (χ1n) is 10.0. The summed E-state index contributed by atoms with van der Waals surface area (Å²) in [5.74, 6) is -0.0589. The number of amides is 2. The van der Waals surface area contributed by atoms with E-state index in [0.717, 1.165) is 17.7 Å². The van der Waals surface area contributed by atoms with Crippen LogP contribution in [0.3, 0.4) is 0 Å². The Kier molecular flexibility index (Phi) is 7.05. The molecule has 1 aliphatic rings. The number of carbonyl (C=O) groups is 2. The van der Waals surface area contributed by atoms with Gasteiger partial charge in [0.05, 0.1) is 6.04 Å². The van der Waals surface area contributed by atoms with E-state index in [2.05, 4.69) is 5.32 Å². The minimum absolute atomic E-state index is 0.0681. The smallest absolute Gasteiger partial charge is 0.257 e. The number of ether oxygens (including phenoxy) is 1. The van der Waals surface area contributed by atoms with Gasteiger partial charge in [-0.3, -0.25) is 9.59 Å². The summed E-state index contributed by atoms with van der Waals surface area (Å²) in [6.07, 6.45) is 0.714. The van der Waals surface area contributed by atoms with Crippen molar-refractivity contribution < 1.29 is 18.7 Å². The van der Waals surface area contributed by atoms with Crippen molar-refractivity contribution in [3.63, 3.8) is 0 Å². The molecule has 7 heteroatoms. The Morgan fingerprint density at radius 3 is 2.73 bits per heavy atom. The monoisotopic (exact) mass is 413 g/mol. The molecule has 1 unspecified atom stereocenters. The molecule has 2 aromatic rings. The van der Waals surface area contributed by atoms with E-state index in [1.54, 1.807) is 11.0 Å². The van der Waals surface area contributed by atoms with Gasteiger partial charge in [0, 0.05) is 26.6 Å². The second-order valence-corrected chi connectivity index (χ2v) is 7.72. The van der Waals surface area contributed by atoms with Crippen LogP contribution in [0.1, 0.15) is 29.7 Å². The van der Waals surface area contributed by atoms with Crippen LogP contribution in [0.2, 0.25) is 0 Å². The normalized spacial score (nSPS) is 15.6. The van der Waals surface area contributed by atoms with Crippen molar-refractivity contribution in [3.8, 4) is 5.75 Å². The zero-order valence-electron chi connectivity index (χ0n) is 17.7. The zero-order chi connectivity index (χ0) is 21.7. The Hall–Kier alpha value is -2.93. The molecule has 2 amide bonds. The van der Waals surface area contributed by atoms with Crippen LogP contribution in [0.5, 0.6) is 5.75 Å². The number of likely N-dealkylation sites (N-methyl/N-ethyl adjacent to an activating group) is 1. The Morgan fingerprint density at radius 2 is 2.03 bits per heavy atom. The summed E-state index contributed by atoms with van der Waals surface area (Å²) < 4.78 is 19.6. The number of nitrogens with one attached hydrogen (secondary N) is 1. The van der Waals surface area contributed by atoms with E-state index in [0.29, 0.717) is 30.8 Å². The van der Waals surface area contributed by atoms with Gasteiger partial charge in [-0.1, -0.05) is 18.2 Å². The van der Waals surface area contributed by atoms with Crippen LogP contribution in [0, 0.1) is 5.82 Å². The molecule has 0 saturated heterocycles. The van der Waals surface area contributed by atoms with Crippen LogP contribution < -0.4 is 10.1 Å². The molecule has 0 radical (unpaired) electrons. The van der Waals surface area contributed by atoms with Gasteiger partial charge < -0.3 is 19.9 Å². The third kappa shape index (κ3) is 5.36. The first-order valence-corrected chi connectivity index (χ1v) is 10.0. The number of hydrogen-bond donors (Lipinski definition) is 1. The fraction of sp³-hybridized carbons (Fsp3) is 0.391. The molecular weight excluding hydrogens is 385 g/mol. The molecule has 1 N–H and O–H groups in total. The van der Waals surface area contributed by atoms with Gasteiger partial charge >= 0.3 is 0 Å². The lowest BCUT2D eigenvalue weighted by Gasteiger charge is -2.37. The van der Waals surface area contributed by atoms with Crippen LogP contribution >= 0.6 is 0 Å². The van der Waals surface area contributed by atoms with Crippen molar-refractivity contribution in [2.75, 3.05) is 40.3 Å². The maximum Gasteiger partial charge on any atom is 0.257 e. The van der Waals surface area contributed by atoms with E-state index in [1.165, 1.54) is 19.1 Å². The minimum Gasteiger partial charge on any atom is -0.484 e. The molecule has 1 atom stereocenters. The fourth-order valence-corrected chi connectivity index (χ4v) is 3.68. The molecule has 160 valence electrons. The molecule has 0 saturated carbocycles. The predicted molar refractivity (Wildman–Crippen MR) is 113 cm³/mol. The van der Waals surface area contributed by atoms with Gasteiger partial charge in [-0.05, 0) is 61.5 Å². The molecule has 0 aliphatic carbocycles. The number of fused-ring (bicyclic) bond motifs is 1. The van der Waals surface area contributed by atoms with Crippen LogP contribution in [-0.2, 0) is 16.0 Å². The van der Waals surface area contributed by atoms with E-state index in [-0.39, 0.29) is 30.3 Å². The molecule has 1 heterocycles. The zero-order valence-corrected chi connectivity index (χ0v) is 17.7. The molecule has 3 rings (SSSR count). The van der Waals surface area contributed by atoms with Crippen LogP contribution in [0.15, 0.2) is 42.5 Å². The third-order valence-electron chi connectivity index (χ3n) is 5.17. The van der Waals surface area contributed by atoms with Gasteiger partial charge in [0.15, 0.2) is 6.61 Å². The van der Waals surface area contributed by atoms with E-state index in [4.69, 9.17) is 4.74 Å². The van der Waals surface area contributed by atoms with Gasteiger partial charge in [0.1, 0.15) is 11.6 Å². The molecule has 30 heavy (non-hydrogen) atoms. The summed E-state index contributed by atoms with van der Waals surface area (Å²) in [4.78, 5) is 28.0. The topological polar surface area (TPSA) is 61.9 Å². The number of nitrogens with zero attached hydrogens (tertiary/aromatic N) is 2. The predicted octanol–water partition coefficient (Wildman–Crippen LogP) is 2.38. The summed E-state index contributed by atoms with van der Waals surface area (Å²) in [6.45, 7) is 3.30. The maximum atomic E-state index is 13.9. The first kappa shape index (κ1) is 21.8. The summed E-state index contributed by atoms with van der Waals surface area (Å²) in [7, 11) is 3.88. The highest BCUT2D eigenvalue weighted by atomic mass is 19.1. The highest BCUT2D eigenvalue weighted by Crippen LogP contribution is 2.37. The number of benzene rings is 2. The molecule has 6 nitrogen and oxygen atoms in total. The Bertz CT molecular complexity index is 916. The van der Waals surface area contributed by atoms with E-state index < -0.39 is 0 Å². The number of carbonyl (C=O) groups excluding carboxylic acids is 2. The van der Waals surface area contributed by atoms with Crippen molar-refractivity contribution in [2.24, 2.45) is 0 Å². The van der Waals surface area contributed by atoms with Gasteiger partial charge in [0.25, 0.3) is 5.91 Å². The van der Waals surface area contributed by atoms with Crippen molar-refractivity contribution in [2.45, 2.75) is 19.4 Å². The average Bonchev–Trinajstić information content (AvgIpc) is 2.70. The quantitative estimate of drug-likeness (QED) is 0.757. The lowest BCUT2D eigenvalue weighted by molar-refractivity contribution is -0.130. The van der Waals surface area contributed by atoms with Crippen LogP contribution in [0.4, 0.5) is 4.39 Å².